The van der Waals surface area contributed by atoms with E-state index in [1.54, 1.807) is 19.1 Å². The van der Waals surface area contributed by atoms with E-state index in [2.05, 4.69) is 10.0 Å². The van der Waals surface area contributed by atoms with Crippen LogP contribution in [0.3, 0.4) is 0 Å². The second kappa shape index (κ2) is 11.5. The molecule has 2 aliphatic rings. The molecule has 1 atom stereocenters. The molecule has 32 heavy (non-hydrogen) atoms. The van der Waals surface area contributed by atoms with Gasteiger partial charge >= 0.3 is 0 Å². The van der Waals surface area contributed by atoms with Crippen LogP contribution < -0.4 is 10.0 Å². The van der Waals surface area contributed by atoms with Gasteiger partial charge in [0.2, 0.25) is 21.8 Å². The number of sulfonamides is 1. The first-order valence-electron chi connectivity index (χ1n) is 11.6. The van der Waals surface area contributed by atoms with Gasteiger partial charge in [0.15, 0.2) is 0 Å². The minimum atomic E-state index is -3.58. The summed E-state index contributed by atoms with van der Waals surface area (Å²) >= 11 is 5.83. The van der Waals surface area contributed by atoms with Crippen LogP contribution in [0.2, 0.25) is 5.02 Å². The summed E-state index contributed by atoms with van der Waals surface area (Å²) in [5, 5.41) is 3.40. The number of nitrogens with one attached hydrogen (secondary N) is 2. The Morgan fingerprint density at radius 2 is 1.62 bits per heavy atom. The Balaban J connectivity index is 1.42. The molecule has 2 fully saturated rings. The maximum Gasteiger partial charge on any atom is 0.244 e. The van der Waals surface area contributed by atoms with Crippen molar-refractivity contribution in [1.29, 1.82) is 0 Å². The van der Waals surface area contributed by atoms with Crippen LogP contribution in [0.25, 0.3) is 0 Å². The number of halogens is 1. The maximum atomic E-state index is 12.7. The molecule has 1 aliphatic heterocycles. The molecule has 3 rings (SSSR count). The van der Waals surface area contributed by atoms with Gasteiger partial charge in [-0.3, -0.25) is 9.59 Å². The summed E-state index contributed by atoms with van der Waals surface area (Å²) in [6.07, 6.45) is 7.31. The number of hydrogen-bond donors (Lipinski definition) is 2. The fourth-order valence-electron chi connectivity index (χ4n) is 4.51. The van der Waals surface area contributed by atoms with Crippen molar-refractivity contribution >= 4 is 33.4 Å². The molecule has 1 aromatic rings. The van der Waals surface area contributed by atoms with E-state index in [0.717, 1.165) is 51.6 Å². The number of carbonyl (C=O) groups excluding carboxylic acids is 2. The van der Waals surface area contributed by atoms with E-state index in [1.807, 2.05) is 4.90 Å². The second-order valence-corrected chi connectivity index (χ2v) is 11.2. The minimum Gasteiger partial charge on any atom is -0.344 e. The number of likely N-dealkylation sites (tertiary alicyclic amines) is 1. The lowest BCUT2D eigenvalue weighted by Crippen LogP contribution is -2.49. The molecular weight excluding hydrogens is 450 g/mol. The topological polar surface area (TPSA) is 95.6 Å². The van der Waals surface area contributed by atoms with Crippen molar-refractivity contribution < 1.29 is 18.0 Å². The third-order valence-electron chi connectivity index (χ3n) is 6.55. The zero-order valence-corrected chi connectivity index (χ0v) is 20.3. The van der Waals surface area contributed by atoms with Crippen LogP contribution in [0.1, 0.15) is 58.3 Å². The molecule has 1 aromatic carbocycles. The van der Waals surface area contributed by atoms with Crippen molar-refractivity contribution in [2.75, 3.05) is 19.6 Å². The minimum absolute atomic E-state index is 0.00513. The summed E-state index contributed by atoms with van der Waals surface area (Å²) in [6, 6.07) is 5.57. The largest absolute Gasteiger partial charge is 0.344 e. The molecule has 1 aliphatic carbocycles. The van der Waals surface area contributed by atoms with Gasteiger partial charge in [-0.2, -0.15) is 0 Å². The highest BCUT2D eigenvalue weighted by atomic mass is 35.5. The van der Waals surface area contributed by atoms with Crippen LogP contribution in [-0.2, 0) is 19.6 Å². The lowest BCUT2D eigenvalue weighted by Gasteiger charge is -2.30. The Morgan fingerprint density at radius 3 is 2.22 bits per heavy atom. The van der Waals surface area contributed by atoms with Crippen molar-refractivity contribution in [2.45, 2.75) is 69.2 Å². The van der Waals surface area contributed by atoms with Crippen molar-refractivity contribution in [1.82, 2.24) is 14.9 Å². The normalized spacial score (nSPS) is 23.2. The third kappa shape index (κ3) is 6.93. The van der Waals surface area contributed by atoms with Gasteiger partial charge in [0.1, 0.15) is 6.04 Å². The zero-order valence-electron chi connectivity index (χ0n) is 18.7. The van der Waals surface area contributed by atoms with Gasteiger partial charge in [0.05, 0.1) is 4.90 Å². The smallest absolute Gasteiger partial charge is 0.244 e. The molecule has 0 spiro atoms. The van der Waals surface area contributed by atoms with Crippen LogP contribution >= 0.6 is 11.6 Å². The van der Waals surface area contributed by atoms with Crippen LogP contribution in [0.4, 0.5) is 0 Å². The first-order valence-corrected chi connectivity index (χ1v) is 13.5. The Morgan fingerprint density at radius 1 is 1.03 bits per heavy atom. The SMILES string of the molecule is CC(NC(=O)C1CCC(CNS(=O)(=O)c2ccc(Cl)cc2)CC1)C(=O)N1CCCCCC1. The van der Waals surface area contributed by atoms with Gasteiger partial charge < -0.3 is 10.2 Å². The molecule has 9 heteroatoms. The van der Waals surface area contributed by atoms with E-state index in [9.17, 15) is 18.0 Å². The van der Waals surface area contributed by atoms with Crippen LogP contribution in [-0.4, -0.2) is 50.8 Å². The van der Waals surface area contributed by atoms with Gasteiger partial charge in [-0.05, 0) is 75.6 Å². The Labute approximate surface area is 196 Å². The van der Waals surface area contributed by atoms with E-state index in [-0.39, 0.29) is 28.5 Å². The molecule has 1 unspecified atom stereocenters. The summed E-state index contributed by atoms with van der Waals surface area (Å²) in [7, 11) is -3.58. The summed E-state index contributed by atoms with van der Waals surface area (Å²) in [4.78, 5) is 27.4. The lowest BCUT2D eigenvalue weighted by molar-refractivity contribution is -0.137. The van der Waals surface area contributed by atoms with E-state index in [4.69, 9.17) is 11.6 Å². The van der Waals surface area contributed by atoms with Crippen molar-refractivity contribution in [3.05, 3.63) is 29.3 Å². The first-order chi connectivity index (χ1) is 15.3. The number of nitrogens with zero attached hydrogens (tertiary/aromatic N) is 1. The number of amides is 2. The van der Waals surface area contributed by atoms with E-state index >= 15 is 0 Å². The van der Waals surface area contributed by atoms with E-state index < -0.39 is 16.1 Å². The van der Waals surface area contributed by atoms with Crippen LogP contribution in [0.15, 0.2) is 29.2 Å². The van der Waals surface area contributed by atoms with Crippen molar-refractivity contribution in [3.8, 4) is 0 Å². The van der Waals surface area contributed by atoms with E-state index in [0.29, 0.717) is 24.4 Å². The van der Waals surface area contributed by atoms with Gasteiger partial charge in [0.25, 0.3) is 0 Å². The average Bonchev–Trinajstić information content (AvgIpc) is 3.07. The fourth-order valence-corrected chi connectivity index (χ4v) is 5.75. The van der Waals surface area contributed by atoms with Crippen molar-refractivity contribution in [2.24, 2.45) is 11.8 Å². The molecule has 1 saturated carbocycles. The molecule has 0 aromatic heterocycles. The summed E-state index contributed by atoms with van der Waals surface area (Å²) in [6.45, 7) is 3.66. The van der Waals surface area contributed by atoms with Gasteiger partial charge in [-0.15, -0.1) is 0 Å². The summed E-state index contributed by atoms with van der Waals surface area (Å²) in [5.41, 5.74) is 0. The standard InChI is InChI=1S/C23H34ClN3O4S/c1-17(23(29)27-14-4-2-3-5-15-27)26-22(28)19-8-6-18(7-9-19)16-25-32(30,31)21-12-10-20(24)11-13-21/h10-13,17-19,25H,2-9,14-16H2,1H3,(H,26,28). The van der Waals surface area contributed by atoms with Gasteiger partial charge in [-0.25, -0.2) is 13.1 Å². The van der Waals surface area contributed by atoms with Crippen LogP contribution in [0, 0.1) is 11.8 Å². The number of rotatable bonds is 7. The van der Waals surface area contributed by atoms with Gasteiger partial charge in [0, 0.05) is 30.6 Å². The zero-order chi connectivity index (χ0) is 23.1. The number of hydrogen-bond acceptors (Lipinski definition) is 4. The molecule has 7 nitrogen and oxygen atoms in total. The number of benzene rings is 1. The summed E-state index contributed by atoms with van der Waals surface area (Å²) < 4.78 is 27.6. The highest BCUT2D eigenvalue weighted by molar-refractivity contribution is 7.89. The van der Waals surface area contributed by atoms with Crippen LogP contribution in [0.5, 0.6) is 0 Å². The molecule has 1 heterocycles. The van der Waals surface area contributed by atoms with Gasteiger partial charge in [-0.1, -0.05) is 24.4 Å². The third-order valence-corrected chi connectivity index (χ3v) is 8.24. The lowest BCUT2D eigenvalue weighted by atomic mass is 9.81. The predicted molar refractivity (Wildman–Crippen MR) is 125 cm³/mol. The quantitative estimate of drug-likeness (QED) is 0.621. The highest BCUT2D eigenvalue weighted by Gasteiger charge is 2.30. The fraction of sp³-hybridized carbons (Fsp3) is 0.652. The van der Waals surface area contributed by atoms with Crippen molar-refractivity contribution in [3.63, 3.8) is 0 Å². The van der Waals surface area contributed by atoms with E-state index in [1.165, 1.54) is 12.1 Å². The molecule has 1 saturated heterocycles. The molecule has 2 N–H and O–H groups in total. The Bertz CT molecular complexity index is 875. The molecule has 0 bridgehead atoms. The highest BCUT2D eigenvalue weighted by Crippen LogP contribution is 2.29. The number of carbonyl (C=O) groups is 2. The molecular formula is C23H34ClN3O4S. The first kappa shape index (κ1) is 25.0. The molecule has 2 amide bonds. The monoisotopic (exact) mass is 483 g/mol. The average molecular weight is 484 g/mol. The Hall–Kier alpha value is -1.64. The molecule has 178 valence electrons. The summed E-state index contributed by atoms with van der Waals surface area (Å²) in [5.74, 6) is 0.00203. The predicted octanol–water partition coefficient (Wildman–Crippen LogP) is 3.33. The maximum absolute atomic E-state index is 12.7. The molecule has 0 radical (unpaired) electrons. The second-order valence-electron chi connectivity index (χ2n) is 8.99. The Kier molecular flexibility index (Phi) is 8.96.